The summed E-state index contributed by atoms with van der Waals surface area (Å²) in [7, 11) is 1.57. The molecule has 0 aliphatic rings. The molecule has 2 aromatic rings. The van der Waals surface area contributed by atoms with Crippen molar-refractivity contribution in [2.45, 2.75) is 26.8 Å². The second kappa shape index (κ2) is 8.33. The molecule has 0 radical (unpaired) electrons. The van der Waals surface area contributed by atoms with Gasteiger partial charge in [-0.3, -0.25) is 9.59 Å². The van der Waals surface area contributed by atoms with E-state index in [1.807, 2.05) is 32.9 Å². The van der Waals surface area contributed by atoms with Gasteiger partial charge in [0.2, 0.25) is 5.91 Å². The first kappa shape index (κ1) is 18.5. The number of hydrogen-bond acceptors (Lipinski definition) is 3. The highest BCUT2D eigenvalue weighted by Crippen LogP contribution is 2.17. The van der Waals surface area contributed by atoms with Crippen LogP contribution in [-0.2, 0) is 4.79 Å². The predicted octanol–water partition coefficient (Wildman–Crippen LogP) is 3.40. The Balaban J connectivity index is 2.11. The third kappa shape index (κ3) is 5.08. The summed E-state index contributed by atoms with van der Waals surface area (Å²) in [5.41, 5.74) is 2.16. The number of carbonyl (C=O) groups excluding carboxylic acids is 2. The van der Waals surface area contributed by atoms with E-state index in [-0.39, 0.29) is 17.7 Å². The van der Waals surface area contributed by atoms with Crippen LogP contribution < -0.4 is 15.4 Å². The van der Waals surface area contributed by atoms with Gasteiger partial charge >= 0.3 is 0 Å². The highest BCUT2D eigenvalue weighted by Gasteiger charge is 2.25. The highest BCUT2D eigenvalue weighted by molar-refractivity contribution is 6.01. The first-order valence-electron chi connectivity index (χ1n) is 8.23. The second-order valence-corrected chi connectivity index (χ2v) is 6.29. The average molecular weight is 340 g/mol. The summed E-state index contributed by atoms with van der Waals surface area (Å²) in [5.74, 6) is 0.0782. The van der Waals surface area contributed by atoms with E-state index in [0.717, 1.165) is 5.56 Å². The number of hydrogen-bond donors (Lipinski definition) is 2. The van der Waals surface area contributed by atoms with Crippen LogP contribution >= 0.6 is 0 Å². The quantitative estimate of drug-likeness (QED) is 0.847. The molecular formula is C20H24N2O3. The monoisotopic (exact) mass is 340 g/mol. The minimum absolute atomic E-state index is 0.0561. The van der Waals surface area contributed by atoms with Crippen LogP contribution in [0.15, 0.2) is 48.5 Å². The number of carbonyl (C=O) groups is 2. The van der Waals surface area contributed by atoms with E-state index in [1.165, 1.54) is 0 Å². The van der Waals surface area contributed by atoms with E-state index in [9.17, 15) is 9.59 Å². The van der Waals surface area contributed by atoms with Gasteiger partial charge in [0, 0.05) is 17.3 Å². The SMILES string of the molecule is COc1cccc(NC(=O)C(NC(=O)c2cccc(C)c2)C(C)C)c1. The van der Waals surface area contributed by atoms with Crippen LogP contribution in [0.3, 0.4) is 0 Å². The molecule has 0 aliphatic carbocycles. The van der Waals surface area contributed by atoms with E-state index in [2.05, 4.69) is 10.6 Å². The number of ether oxygens (including phenoxy) is 1. The van der Waals surface area contributed by atoms with Crippen molar-refractivity contribution < 1.29 is 14.3 Å². The van der Waals surface area contributed by atoms with Crippen molar-refractivity contribution in [3.8, 4) is 5.75 Å². The molecule has 0 heterocycles. The number of methoxy groups -OCH3 is 1. The van der Waals surface area contributed by atoms with Crippen LogP contribution in [0, 0.1) is 12.8 Å². The zero-order valence-electron chi connectivity index (χ0n) is 15.0. The molecule has 2 rings (SSSR count). The van der Waals surface area contributed by atoms with Gasteiger partial charge in [0.25, 0.3) is 5.91 Å². The maximum atomic E-state index is 12.6. The predicted molar refractivity (Wildman–Crippen MR) is 98.9 cm³/mol. The molecular weight excluding hydrogens is 316 g/mol. The topological polar surface area (TPSA) is 67.4 Å². The summed E-state index contributed by atoms with van der Waals surface area (Å²) in [6.45, 7) is 5.71. The Bertz CT molecular complexity index is 756. The number of rotatable bonds is 6. The van der Waals surface area contributed by atoms with E-state index < -0.39 is 6.04 Å². The molecule has 1 atom stereocenters. The Hall–Kier alpha value is -2.82. The Morgan fingerprint density at radius 3 is 2.40 bits per heavy atom. The van der Waals surface area contributed by atoms with Gasteiger partial charge in [-0.25, -0.2) is 0 Å². The molecule has 0 saturated carbocycles. The van der Waals surface area contributed by atoms with Gasteiger partial charge < -0.3 is 15.4 Å². The van der Waals surface area contributed by atoms with Crippen LogP contribution in [0.2, 0.25) is 0 Å². The van der Waals surface area contributed by atoms with Gasteiger partial charge in [-0.1, -0.05) is 37.6 Å². The van der Waals surface area contributed by atoms with E-state index >= 15 is 0 Å². The van der Waals surface area contributed by atoms with Crippen molar-refractivity contribution >= 4 is 17.5 Å². The van der Waals surface area contributed by atoms with Crippen molar-refractivity contribution in [3.05, 3.63) is 59.7 Å². The van der Waals surface area contributed by atoms with Crippen molar-refractivity contribution in [1.82, 2.24) is 5.32 Å². The van der Waals surface area contributed by atoms with E-state index in [0.29, 0.717) is 17.0 Å². The molecule has 25 heavy (non-hydrogen) atoms. The summed E-state index contributed by atoms with van der Waals surface area (Å²) in [6, 6.07) is 13.7. The minimum atomic E-state index is -0.640. The summed E-state index contributed by atoms with van der Waals surface area (Å²) < 4.78 is 5.16. The molecule has 2 N–H and O–H groups in total. The van der Waals surface area contributed by atoms with Crippen molar-refractivity contribution in [2.75, 3.05) is 12.4 Å². The lowest BCUT2D eigenvalue weighted by Crippen LogP contribution is -2.47. The Morgan fingerprint density at radius 2 is 1.76 bits per heavy atom. The lowest BCUT2D eigenvalue weighted by molar-refractivity contribution is -0.118. The molecule has 5 nitrogen and oxygen atoms in total. The molecule has 0 fully saturated rings. The van der Waals surface area contributed by atoms with Gasteiger partial charge in [-0.05, 0) is 37.1 Å². The van der Waals surface area contributed by atoms with Crippen molar-refractivity contribution in [1.29, 1.82) is 0 Å². The van der Waals surface area contributed by atoms with Crippen LogP contribution in [0.25, 0.3) is 0 Å². The lowest BCUT2D eigenvalue weighted by Gasteiger charge is -2.22. The Kier molecular flexibility index (Phi) is 6.17. The normalized spacial score (nSPS) is 11.7. The van der Waals surface area contributed by atoms with Gasteiger partial charge in [-0.2, -0.15) is 0 Å². The smallest absolute Gasteiger partial charge is 0.251 e. The fraction of sp³-hybridized carbons (Fsp3) is 0.300. The maximum absolute atomic E-state index is 12.6. The van der Waals surface area contributed by atoms with Crippen molar-refractivity contribution in [2.24, 2.45) is 5.92 Å². The summed E-state index contributed by atoms with van der Waals surface area (Å²) >= 11 is 0. The zero-order valence-corrected chi connectivity index (χ0v) is 15.0. The summed E-state index contributed by atoms with van der Waals surface area (Å²) in [6.07, 6.45) is 0. The molecule has 0 aliphatic heterocycles. The van der Waals surface area contributed by atoms with E-state index in [4.69, 9.17) is 4.74 Å². The summed E-state index contributed by atoms with van der Waals surface area (Å²) in [5, 5.41) is 5.66. The first-order chi connectivity index (χ1) is 11.9. The lowest BCUT2D eigenvalue weighted by atomic mass is 10.0. The molecule has 0 spiro atoms. The average Bonchev–Trinajstić information content (AvgIpc) is 2.59. The first-order valence-corrected chi connectivity index (χ1v) is 8.23. The largest absolute Gasteiger partial charge is 0.497 e. The minimum Gasteiger partial charge on any atom is -0.497 e. The Morgan fingerprint density at radius 1 is 1.04 bits per heavy atom. The van der Waals surface area contributed by atoms with Crippen LogP contribution in [0.5, 0.6) is 5.75 Å². The number of anilines is 1. The van der Waals surface area contributed by atoms with Crippen LogP contribution in [0.1, 0.15) is 29.8 Å². The Labute approximate surface area is 148 Å². The third-order valence-electron chi connectivity index (χ3n) is 3.85. The van der Waals surface area contributed by atoms with Gasteiger partial charge in [0.15, 0.2) is 0 Å². The molecule has 0 aromatic heterocycles. The molecule has 0 saturated heterocycles. The van der Waals surface area contributed by atoms with Crippen LogP contribution in [-0.4, -0.2) is 25.0 Å². The molecule has 1 unspecified atom stereocenters. The van der Waals surface area contributed by atoms with Gasteiger partial charge in [0.05, 0.1) is 7.11 Å². The standard InChI is InChI=1S/C20H24N2O3/c1-13(2)18(22-19(23)15-8-5-7-14(3)11-15)20(24)21-16-9-6-10-17(12-16)25-4/h5-13,18H,1-4H3,(H,21,24)(H,22,23). The molecule has 0 bridgehead atoms. The number of amides is 2. The van der Waals surface area contributed by atoms with Crippen LogP contribution in [0.4, 0.5) is 5.69 Å². The van der Waals surface area contributed by atoms with Gasteiger partial charge in [0.1, 0.15) is 11.8 Å². The van der Waals surface area contributed by atoms with Crippen molar-refractivity contribution in [3.63, 3.8) is 0 Å². The highest BCUT2D eigenvalue weighted by atomic mass is 16.5. The van der Waals surface area contributed by atoms with E-state index in [1.54, 1.807) is 43.5 Å². The molecule has 2 aromatic carbocycles. The third-order valence-corrected chi connectivity index (χ3v) is 3.85. The second-order valence-electron chi connectivity index (χ2n) is 6.29. The van der Waals surface area contributed by atoms with Gasteiger partial charge in [-0.15, -0.1) is 0 Å². The number of benzene rings is 2. The molecule has 5 heteroatoms. The molecule has 132 valence electrons. The number of aryl methyl sites for hydroxylation is 1. The fourth-order valence-corrected chi connectivity index (χ4v) is 2.47. The summed E-state index contributed by atoms with van der Waals surface area (Å²) in [4.78, 5) is 25.1. The molecule has 2 amide bonds. The number of nitrogens with one attached hydrogen (secondary N) is 2. The zero-order chi connectivity index (χ0) is 18.4. The fourth-order valence-electron chi connectivity index (χ4n) is 2.47. The maximum Gasteiger partial charge on any atom is 0.251 e.